The molecule has 0 aliphatic carbocycles. The number of rotatable bonds is 7. The number of anilines is 3. The van der Waals surface area contributed by atoms with Crippen LogP contribution in [0.15, 0.2) is 66.9 Å². The van der Waals surface area contributed by atoms with Gasteiger partial charge in [0.1, 0.15) is 12.4 Å². The minimum Gasteiger partial charge on any atom is -0.493 e. The van der Waals surface area contributed by atoms with E-state index >= 15 is 0 Å². The Labute approximate surface area is 203 Å². The maximum atomic E-state index is 8.94. The number of nitrogens with one attached hydrogen (secondary N) is 1. The Kier molecular flexibility index (Phi) is 6.59. The number of ether oxygens (including phenoxy) is 3. The Morgan fingerprint density at radius 2 is 1.74 bits per heavy atom. The highest BCUT2D eigenvalue weighted by atomic mass is 16.5. The molecule has 2 heterocycles. The summed E-state index contributed by atoms with van der Waals surface area (Å²) >= 11 is 0. The predicted octanol–water partition coefficient (Wildman–Crippen LogP) is 4.67. The van der Waals surface area contributed by atoms with Crippen molar-refractivity contribution < 1.29 is 14.2 Å². The first-order valence-electron chi connectivity index (χ1n) is 11.4. The summed E-state index contributed by atoms with van der Waals surface area (Å²) in [5.74, 6) is 2.13. The third kappa shape index (κ3) is 5.26. The highest BCUT2D eigenvalue weighted by Crippen LogP contribution is 2.32. The highest BCUT2D eigenvalue weighted by molar-refractivity contribution is 5.81. The molecule has 0 bridgehead atoms. The van der Waals surface area contributed by atoms with Gasteiger partial charge in [0.05, 0.1) is 49.2 Å². The van der Waals surface area contributed by atoms with E-state index in [2.05, 4.69) is 21.3 Å². The number of morpholine rings is 1. The van der Waals surface area contributed by atoms with Crippen LogP contribution in [0.25, 0.3) is 11.0 Å². The molecule has 8 heteroatoms. The molecule has 0 spiro atoms. The van der Waals surface area contributed by atoms with Crippen molar-refractivity contribution in [2.24, 2.45) is 0 Å². The minimum absolute atomic E-state index is 0.379. The van der Waals surface area contributed by atoms with Crippen molar-refractivity contribution in [3.8, 4) is 17.6 Å². The highest BCUT2D eigenvalue weighted by Gasteiger charge is 2.14. The number of nitrogens with zero attached hydrogens (tertiary/aromatic N) is 4. The zero-order valence-electron chi connectivity index (χ0n) is 19.4. The number of aromatic nitrogens is 2. The molecule has 1 saturated heterocycles. The molecule has 4 aromatic rings. The Bertz CT molecular complexity index is 1360. The van der Waals surface area contributed by atoms with E-state index in [0.29, 0.717) is 36.9 Å². The Balaban J connectivity index is 1.30. The molecular formula is C27H25N5O3. The van der Waals surface area contributed by atoms with Crippen molar-refractivity contribution in [3.05, 3.63) is 78.0 Å². The van der Waals surface area contributed by atoms with Crippen LogP contribution >= 0.6 is 0 Å². The molecule has 1 aromatic heterocycles. The first-order chi connectivity index (χ1) is 17.2. The fraction of sp³-hybridized carbons (Fsp3) is 0.222. The fourth-order valence-corrected chi connectivity index (χ4v) is 3.89. The lowest BCUT2D eigenvalue weighted by atomic mass is 10.1. The SMILES string of the molecule is COc1cc(Nc2ccc3ncc(N4CCOCC4)nc3c2)ccc1OCc1ccc(C#N)cc1. The van der Waals surface area contributed by atoms with Crippen molar-refractivity contribution in [2.75, 3.05) is 43.6 Å². The Morgan fingerprint density at radius 3 is 2.51 bits per heavy atom. The van der Waals surface area contributed by atoms with Crippen LogP contribution in [0.4, 0.5) is 17.2 Å². The van der Waals surface area contributed by atoms with Gasteiger partial charge in [0.25, 0.3) is 0 Å². The van der Waals surface area contributed by atoms with Crippen LogP contribution in [0, 0.1) is 11.3 Å². The summed E-state index contributed by atoms with van der Waals surface area (Å²) in [7, 11) is 1.62. The second kappa shape index (κ2) is 10.3. The van der Waals surface area contributed by atoms with E-state index in [9.17, 15) is 0 Å². The molecule has 1 fully saturated rings. The summed E-state index contributed by atoms with van der Waals surface area (Å²) in [5, 5.41) is 12.4. The van der Waals surface area contributed by atoms with Crippen molar-refractivity contribution in [2.45, 2.75) is 6.61 Å². The van der Waals surface area contributed by atoms with E-state index in [1.165, 1.54) is 0 Å². The topological polar surface area (TPSA) is 92.5 Å². The van der Waals surface area contributed by atoms with Gasteiger partial charge in [0.2, 0.25) is 0 Å². The number of fused-ring (bicyclic) bond motifs is 1. The molecule has 1 N–H and O–H groups in total. The number of hydrogen-bond acceptors (Lipinski definition) is 8. The van der Waals surface area contributed by atoms with Crippen LogP contribution in [0.3, 0.4) is 0 Å². The number of hydrogen-bond donors (Lipinski definition) is 1. The van der Waals surface area contributed by atoms with Gasteiger partial charge in [-0.2, -0.15) is 5.26 Å². The summed E-state index contributed by atoms with van der Waals surface area (Å²) in [6.45, 7) is 3.42. The Morgan fingerprint density at radius 1 is 0.971 bits per heavy atom. The van der Waals surface area contributed by atoms with E-state index in [1.54, 1.807) is 19.2 Å². The molecule has 5 rings (SSSR count). The molecular weight excluding hydrogens is 442 g/mol. The van der Waals surface area contributed by atoms with Gasteiger partial charge in [-0.3, -0.25) is 4.98 Å². The molecule has 8 nitrogen and oxygen atoms in total. The van der Waals surface area contributed by atoms with Crippen molar-refractivity contribution in [1.82, 2.24) is 9.97 Å². The van der Waals surface area contributed by atoms with E-state index in [-0.39, 0.29) is 0 Å². The van der Waals surface area contributed by atoms with Gasteiger partial charge in [-0.15, -0.1) is 0 Å². The summed E-state index contributed by atoms with van der Waals surface area (Å²) in [6, 6.07) is 21.1. The van der Waals surface area contributed by atoms with Gasteiger partial charge in [-0.25, -0.2) is 4.98 Å². The van der Waals surface area contributed by atoms with Gasteiger partial charge >= 0.3 is 0 Å². The third-order valence-electron chi connectivity index (χ3n) is 5.79. The van der Waals surface area contributed by atoms with Gasteiger partial charge in [0, 0.05) is 30.5 Å². The predicted molar refractivity (Wildman–Crippen MR) is 134 cm³/mol. The van der Waals surface area contributed by atoms with Crippen LogP contribution in [0.1, 0.15) is 11.1 Å². The number of methoxy groups -OCH3 is 1. The van der Waals surface area contributed by atoms with Gasteiger partial charge in [-0.1, -0.05) is 12.1 Å². The fourth-order valence-electron chi connectivity index (χ4n) is 3.89. The minimum atomic E-state index is 0.379. The van der Waals surface area contributed by atoms with Crippen LogP contribution < -0.4 is 19.7 Å². The monoisotopic (exact) mass is 467 g/mol. The van der Waals surface area contributed by atoms with Crippen LogP contribution in [0.5, 0.6) is 11.5 Å². The van der Waals surface area contributed by atoms with E-state index in [4.69, 9.17) is 24.5 Å². The number of nitriles is 1. The van der Waals surface area contributed by atoms with Crippen molar-refractivity contribution in [3.63, 3.8) is 0 Å². The maximum absolute atomic E-state index is 8.94. The summed E-state index contributed by atoms with van der Waals surface area (Å²) in [5.41, 5.74) is 5.04. The molecule has 1 aliphatic rings. The normalized spacial score (nSPS) is 13.3. The van der Waals surface area contributed by atoms with Crippen LogP contribution in [-0.2, 0) is 11.3 Å². The van der Waals surface area contributed by atoms with E-state index in [1.807, 2.05) is 54.7 Å². The smallest absolute Gasteiger partial charge is 0.162 e. The summed E-state index contributed by atoms with van der Waals surface area (Å²) < 4.78 is 16.9. The lowest BCUT2D eigenvalue weighted by molar-refractivity contribution is 0.122. The lowest BCUT2D eigenvalue weighted by Crippen LogP contribution is -2.36. The summed E-state index contributed by atoms with van der Waals surface area (Å²) in [6.07, 6.45) is 1.82. The molecule has 0 saturated carbocycles. The largest absolute Gasteiger partial charge is 0.493 e. The first-order valence-corrected chi connectivity index (χ1v) is 11.4. The molecule has 3 aromatic carbocycles. The van der Waals surface area contributed by atoms with Gasteiger partial charge in [-0.05, 0) is 48.0 Å². The average Bonchev–Trinajstić information content (AvgIpc) is 2.92. The van der Waals surface area contributed by atoms with Crippen LogP contribution in [0.2, 0.25) is 0 Å². The molecule has 1 aliphatic heterocycles. The standard InChI is InChI=1S/C27H25N5O3/c1-33-26-15-22(7-9-25(26)35-18-20-4-2-19(16-28)3-5-20)30-21-6-8-23-24(14-21)31-27(17-29-23)32-10-12-34-13-11-32/h2-9,14-15,17,30H,10-13,18H2,1H3. The molecule has 176 valence electrons. The van der Waals surface area contributed by atoms with Crippen molar-refractivity contribution in [1.29, 1.82) is 5.26 Å². The Hall–Kier alpha value is -4.35. The molecule has 0 atom stereocenters. The quantitative estimate of drug-likeness (QED) is 0.419. The molecule has 0 unspecified atom stereocenters. The number of benzene rings is 3. The third-order valence-corrected chi connectivity index (χ3v) is 5.79. The molecule has 0 amide bonds. The average molecular weight is 468 g/mol. The molecule has 35 heavy (non-hydrogen) atoms. The van der Waals surface area contributed by atoms with Gasteiger partial charge in [0.15, 0.2) is 11.5 Å². The zero-order chi connectivity index (χ0) is 24.0. The van der Waals surface area contributed by atoms with Gasteiger partial charge < -0.3 is 24.4 Å². The molecule has 0 radical (unpaired) electrons. The lowest BCUT2D eigenvalue weighted by Gasteiger charge is -2.27. The zero-order valence-corrected chi connectivity index (χ0v) is 19.4. The summed E-state index contributed by atoms with van der Waals surface area (Å²) in [4.78, 5) is 11.6. The van der Waals surface area contributed by atoms with E-state index < -0.39 is 0 Å². The van der Waals surface area contributed by atoms with Crippen LogP contribution in [-0.4, -0.2) is 43.4 Å². The first kappa shape index (κ1) is 22.4. The van der Waals surface area contributed by atoms with Crippen molar-refractivity contribution >= 4 is 28.2 Å². The maximum Gasteiger partial charge on any atom is 0.162 e. The second-order valence-corrected chi connectivity index (χ2v) is 8.12. The van der Waals surface area contributed by atoms with E-state index in [0.717, 1.165) is 46.9 Å². The second-order valence-electron chi connectivity index (χ2n) is 8.12.